The number of ether oxygens (including phenoxy) is 2. The summed E-state index contributed by atoms with van der Waals surface area (Å²) < 4.78 is 27.7. The van der Waals surface area contributed by atoms with Crippen molar-refractivity contribution < 1.29 is 23.2 Å². The van der Waals surface area contributed by atoms with E-state index in [0.717, 1.165) is 0 Å². The average molecular weight is 266 g/mol. The standard InChI is InChI=1S/C12H11FN2O4/c1-3-18-12(16)11-14-10(15-19-11)7-4-8(13)6-9(5-7)17-2/h4-6H,3H2,1-2H3. The molecule has 1 aromatic carbocycles. The maximum atomic E-state index is 13.3. The molecular formula is C12H11FN2O4. The summed E-state index contributed by atoms with van der Waals surface area (Å²) in [5.41, 5.74) is 0.344. The van der Waals surface area contributed by atoms with Crippen LogP contribution in [0.5, 0.6) is 5.75 Å². The van der Waals surface area contributed by atoms with Crippen LogP contribution >= 0.6 is 0 Å². The Balaban J connectivity index is 2.32. The van der Waals surface area contributed by atoms with Crippen LogP contribution in [0.2, 0.25) is 0 Å². The monoisotopic (exact) mass is 266 g/mol. The first-order chi connectivity index (χ1) is 9.13. The van der Waals surface area contributed by atoms with Crippen molar-refractivity contribution in [3.63, 3.8) is 0 Å². The third-order valence-corrected chi connectivity index (χ3v) is 2.24. The number of halogens is 1. The number of nitrogens with zero attached hydrogens (tertiary/aromatic N) is 2. The molecule has 0 N–H and O–H groups in total. The second-order valence-corrected chi connectivity index (χ2v) is 3.52. The van der Waals surface area contributed by atoms with Crippen LogP contribution in [-0.4, -0.2) is 29.8 Å². The van der Waals surface area contributed by atoms with Gasteiger partial charge in [-0.2, -0.15) is 4.98 Å². The lowest BCUT2D eigenvalue weighted by atomic mass is 10.2. The summed E-state index contributed by atoms with van der Waals surface area (Å²) in [5.74, 6) is -1.10. The van der Waals surface area contributed by atoms with Gasteiger partial charge in [0.2, 0.25) is 5.82 Å². The molecule has 7 heteroatoms. The molecule has 1 aromatic heterocycles. The van der Waals surface area contributed by atoms with E-state index in [0.29, 0.717) is 11.3 Å². The van der Waals surface area contributed by atoms with Crippen LogP contribution in [0.4, 0.5) is 4.39 Å². The van der Waals surface area contributed by atoms with Gasteiger partial charge < -0.3 is 14.0 Å². The van der Waals surface area contributed by atoms with Crippen molar-refractivity contribution in [3.05, 3.63) is 29.9 Å². The van der Waals surface area contributed by atoms with Gasteiger partial charge in [-0.25, -0.2) is 9.18 Å². The number of benzene rings is 1. The SMILES string of the molecule is CCOC(=O)c1nc(-c2cc(F)cc(OC)c2)no1. The summed E-state index contributed by atoms with van der Waals surface area (Å²) in [6.45, 7) is 1.86. The largest absolute Gasteiger partial charge is 0.497 e. The zero-order valence-electron chi connectivity index (χ0n) is 10.3. The summed E-state index contributed by atoms with van der Waals surface area (Å²) in [7, 11) is 1.42. The normalized spacial score (nSPS) is 10.3. The Bertz CT molecular complexity index is 597. The van der Waals surface area contributed by atoms with Gasteiger partial charge >= 0.3 is 11.9 Å². The minimum atomic E-state index is -0.718. The van der Waals surface area contributed by atoms with Gasteiger partial charge in [-0.15, -0.1) is 0 Å². The van der Waals surface area contributed by atoms with Crippen LogP contribution in [0.1, 0.15) is 17.6 Å². The number of carbonyl (C=O) groups is 1. The predicted octanol–water partition coefficient (Wildman–Crippen LogP) is 2.06. The molecule has 0 aliphatic heterocycles. The molecule has 0 bridgehead atoms. The molecule has 6 nitrogen and oxygen atoms in total. The number of rotatable bonds is 4. The fraction of sp³-hybridized carbons (Fsp3) is 0.250. The van der Waals surface area contributed by atoms with Crippen molar-refractivity contribution in [2.75, 3.05) is 13.7 Å². The first-order valence-corrected chi connectivity index (χ1v) is 5.49. The molecule has 0 saturated heterocycles. The highest BCUT2D eigenvalue weighted by Gasteiger charge is 2.17. The third kappa shape index (κ3) is 2.87. The van der Waals surface area contributed by atoms with Crippen molar-refractivity contribution in [2.24, 2.45) is 0 Å². The minimum Gasteiger partial charge on any atom is -0.497 e. The summed E-state index contributed by atoms with van der Waals surface area (Å²) in [6, 6.07) is 3.96. The highest BCUT2D eigenvalue weighted by molar-refractivity contribution is 5.84. The number of carbonyl (C=O) groups excluding carboxylic acids is 1. The second-order valence-electron chi connectivity index (χ2n) is 3.52. The van der Waals surface area contributed by atoms with E-state index >= 15 is 0 Å². The lowest BCUT2D eigenvalue weighted by molar-refractivity contribution is 0.0470. The first kappa shape index (κ1) is 13.0. The highest BCUT2D eigenvalue weighted by Crippen LogP contribution is 2.23. The number of hydrogen-bond donors (Lipinski definition) is 0. The van der Waals surface area contributed by atoms with E-state index in [1.807, 2.05) is 0 Å². The Kier molecular flexibility index (Phi) is 3.74. The number of esters is 1. The number of methoxy groups -OCH3 is 1. The van der Waals surface area contributed by atoms with E-state index < -0.39 is 11.8 Å². The van der Waals surface area contributed by atoms with Crippen LogP contribution in [0.25, 0.3) is 11.4 Å². The van der Waals surface area contributed by atoms with Crippen LogP contribution in [0.15, 0.2) is 22.7 Å². The molecule has 1 heterocycles. The van der Waals surface area contributed by atoms with E-state index in [2.05, 4.69) is 10.1 Å². The predicted molar refractivity (Wildman–Crippen MR) is 62.2 cm³/mol. The smallest absolute Gasteiger partial charge is 0.397 e. The summed E-state index contributed by atoms with van der Waals surface area (Å²) in [4.78, 5) is 15.2. The van der Waals surface area contributed by atoms with Gasteiger partial charge in [0.1, 0.15) is 11.6 Å². The van der Waals surface area contributed by atoms with Gasteiger partial charge in [-0.05, 0) is 19.1 Å². The molecule has 19 heavy (non-hydrogen) atoms. The minimum absolute atomic E-state index is 0.0841. The maximum absolute atomic E-state index is 13.3. The first-order valence-electron chi connectivity index (χ1n) is 5.49. The van der Waals surface area contributed by atoms with E-state index in [1.165, 1.54) is 25.3 Å². The highest BCUT2D eigenvalue weighted by atomic mass is 19.1. The molecule has 0 aliphatic carbocycles. The Morgan fingerprint density at radius 3 is 2.89 bits per heavy atom. The maximum Gasteiger partial charge on any atom is 0.397 e. The van der Waals surface area contributed by atoms with Crippen molar-refractivity contribution in [3.8, 4) is 17.1 Å². The van der Waals surface area contributed by atoms with Crippen molar-refractivity contribution >= 4 is 5.97 Å². The molecule has 0 saturated carbocycles. The molecule has 0 fully saturated rings. The molecule has 100 valence electrons. The van der Waals surface area contributed by atoms with Crippen LogP contribution in [-0.2, 0) is 4.74 Å². The second kappa shape index (κ2) is 5.47. The molecular weight excluding hydrogens is 255 g/mol. The molecule has 0 spiro atoms. The number of aromatic nitrogens is 2. The van der Waals surface area contributed by atoms with Crippen LogP contribution in [0, 0.1) is 5.82 Å². The molecule has 0 amide bonds. The summed E-state index contributed by atoms with van der Waals surface area (Å²) in [5, 5.41) is 3.60. The van der Waals surface area contributed by atoms with Gasteiger partial charge in [0.25, 0.3) is 0 Å². The van der Waals surface area contributed by atoms with E-state index in [1.54, 1.807) is 6.92 Å². The summed E-state index contributed by atoms with van der Waals surface area (Å²) in [6.07, 6.45) is 0. The van der Waals surface area contributed by atoms with Gasteiger partial charge in [0.05, 0.1) is 13.7 Å². The Morgan fingerprint density at radius 1 is 1.42 bits per heavy atom. The molecule has 0 atom stereocenters. The molecule has 0 radical (unpaired) electrons. The van der Waals surface area contributed by atoms with Gasteiger partial charge in [0, 0.05) is 11.6 Å². The zero-order valence-corrected chi connectivity index (χ0v) is 10.3. The zero-order chi connectivity index (χ0) is 13.8. The van der Waals surface area contributed by atoms with E-state index in [9.17, 15) is 9.18 Å². The Hall–Kier alpha value is -2.44. The topological polar surface area (TPSA) is 74.5 Å². The molecule has 2 aromatic rings. The average Bonchev–Trinajstić information content (AvgIpc) is 2.88. The lowest BCUT2D eigenvalue weighted by Gasteiger charge is -2.01. The third-order valence-electron chi connectivity index (χ3n) is 2.24. The van der Waals surface area contributed by atoms with Gasteiger partial charge in [-0.3, -0.25) is 0 Å². The fourth-order valence-corrected chi connectivity index (χ4v) is 1.43. The van der Waals surface area contributed by atoms with E-state index in [4.69, 9.17) is 14.0 Å². The van der Waals surface area contributed by atoms with Crippen LogP contribution < -0.4 is 4.74 Å². The Labute approximate surface area is 108 Å². The molecule has 0 unspecified atom stereocenters. The van der Waals surface area contributed by atoms with E-state index in [-0.39, 0.29) is 18.3 Å². The Morgan fingerprint density at radius 2 is 2.21 bits per heavy atom. The quantitative estimate of drug-likeness (QED) is 0.788. The van der Waals surface area contributed by atoms with Gasteiger partial charge in [-0.1, -0.05) is 5.16 Å². The number of hydrogen-bond acceptors (Lipinski definition) is 6. The summed E-state index contributed by atoms with van der Waals surface area (Å²) >= 11 is 0. The van der Waals surface area contributed by atoms with Crippen molar-refractivity contribution in [2.45, 2.75) is 6.92 Å². The molecule has 2 rings (SSSR count). The van der Waals surface area contributed by atoms with Gasteiger partial charge in [0.15, 0.2) is 0 Å². The molecule has 0 aliphatic rings. The van der Waals surface area contributed by atoms with Crippen LogP contribution in [0.3, 0.4) is 0 Å². The fourth-order valence-electron chi connectivity index (χ4n) is 1.43. The van der Waals surface area contributed by atoms with Crippen molar-refractivity contribution in [1.82, 2.24) is 10.1 Å². The van der Waals surface area contributed by atoms with Crippen molar-refractivity contribution in [1.29, 1.82) is 0 Å². The lowest BCUT2D eigenvalue weighted by Crippen LogP contribution is -2.04.